The van der Waals surface area contributed by atoms with E-state index in [-0.39, 0.29) is 12.6 Å². The van der Waals surface area contributed by atoms with Crippen molar-refractivity contribution in [3.63, 3.8) is 0 Å². The van der Waals surface area contributed by atoms with Crippen molar-refractivity contribution in [1.29, 1.82) is 5.41 Å². The van der Waals surface area contributed by atoms with Crippen LogP contribution in [0, 0.1) is 5.41 Å². The Morgan fingerprint density at radius 2 is 1.80 bits per heavy atom. The molecule has 0 aliphatic carbocycles. The lowest BCUT2D eigenvalue weighted by Gasteiger charge is -2.27. The Bertz CT molecular complexity index is 528. The molecule has 25 heavy (non-hydrogen) atoms. The van der Waals surface area contributed by atoms with E-state index in [9.17, 15) is 18.3 Å². The van der Waals surface area contributed by atoms with Crippen LogP contribution in [0.1, 0.15) is 20.8 Å². The van der Waals surface area contributed by atoms with Crippen molar-refractivity contribution in [3.05, 3.63) is 24.8 Å². The summed E-state index contributed by atoms with van der Waals surface area (Å²) < 4.78 is 36.5. The largest absolute Gasteiger partial charge is 0.859 e. The standard InChI is InChI=1S/C10H20NO2.C3H5NO.C2H6O4S/c1-6-11(4,5)7-8-13-10(12)9(2)3;1-2-3(4)5;1-2-6-7(3,4)5/h2,6-8H2,1,3-5H3;2H,1H2,(H2,4,5);2H2,1H3,(H,3,4,5)/q+1;;/p-1. The minimum atomic E-state index is -4.17. The first-order chi connectivity index (χ1) is 11.2. The van der Waals surface area contributed by atoms with Crippen molar-refractivity contribution in [2.45, 2.75) is 20.8 Å². The molecule has 9 nitrogen and oxygen atoms in total. The molecule has 0 unspecified atom stereocenters. The number of likely N-dealkylation sites (N-methyl/N-ethyl adjacent to an activating group) is 1. The van der Waals surface area contributed by atoms with Gasteiger partial charge in [-0.2, -0.15) is 8.42 Å². The van der Waals surface area contributed by atoms with Gasteiger partial charge in [-0.05, 0) is 26.7 Å². The summed E-state index contributed by atoms with van der Waals surface area (Å²) in [5.74, 6) is -1.03. The van der Waals surface area contributed by atoms with Gasteiger partial charge in [-0.1, -0.05) is 19.2 Å². The minimum absolute atomic E-state index is 0.0289. The highest BCUT2D eigenvalue weighted by Crippen LogP contribution is 1.97. The van der Waals surface area contributed by atoms with Crippen molar-refractivity contribution in [3.8, 4) is 0 Å². The molecule has 148 valence electrons. The lowest BCUT2D eigenvalue weighted by Crippen LogP contribution is -2.42. The number of nitrogens with one attached hydrogen (secondary N) is 1. The molecule has 0 saturated carbocycles. The quantitative estimate of drug-likeness (QED) is 0.156. The Hall–Kier alpha value is -1.75. The number of ether oxygens (including phenoxy) is 1. The van der Waals surface area contributed by atoms with E-state index in [0.717, 1.165) is 23.6 Å². The first-order valence-corrected chi connectivity index (χ1v) is 8.73. The molecule has 0 aliphatic rings. The monoisotopic (exact) mass is 382 g/mol. The highest BCUT2D eigenvalue weighted by atomic mass is 32.3. The molecule has 0 atom stereocenters. The molecule has 0 saturated heterocycles. The number of quaternary nitrogens is 1. The summed E-state index contributed by atoms with van der Waals surface area (Å²) in [5, 5.41) is 15.4. The van der Waals surface area contributed by atoms with E-state index in [0.29, 0.717) is 12.2 Å². The van der Waals surface area contributed by atoms with Crippen LogP contribution in [-0.4, -0.2) is 69.7 Å². The predicted molar refractivity (Wildman–Crippen MR) is 94.4 cm³/mol. The number of carbonyl (C=O) groups is 1. The first-order valence-electron chi connectivity index (χ1n) is 7.36. The number of hydrogen-bond donors (Lipinski definition) is 2. The fraction of sp³-hybridized carbons (Fsp3) is 0.600. The molecule has 0 amide bonds. The molecule has 0 bridgehead atoms. The SMILES string of the molecule is C=C(C)C(=O)OCC[N+](C)(C)CC.C=CC(=N)[O-].CCOS(=O)(=O)O. The zero-order valence-corrected chi connectivity index (χ0v) is 16.4. The van der Waals surface area contributed by atoms with Gasteiger partial charge in [0.2, 0.25) is 0 Å². The second-order valence-electron chi connectivity index (χ2n) is 5.29. The fourth-order valence-corrected chi connectivity index (χ4v) is 1.11. The van der Waals surface area contributed by atoms with E-state index >= 15 is 0 Å². The summed E-state index contributed by atoms with van der Waals surface area (Å²) in [6.07, 6.45) is 0.944. The summed E-state index contributed by atoms with van der Waals surface area (Å²) in [5.41, 5.74) is 0.460. The van der Waals surface area contributed by atoms with Crippen LogP contribution in [0.2, 0.25) is 0 Å². The van der Waals surface area contributed by atoms with E-state index < -0.39 is 16.3 Å². The molecule has 0 aromatic heterocycles. The van der Waals surface area contributed by atoms with E-state index in [1.807, 2.05) is 0 Å². The molecule has 2 N–H and O–H groups in total. The van der Waals surface area contributed by atoms with Gasteiger partial charge in [-0.15, -0.1) is 0 Å². The maximum atomic E-state index is 11.0. The van der Waals surface area contributed by atoms with Gasteiger partial charge in [0.1, 0.15) is 13.2 Å². The number of hydrogen-bond acceptors (Lipinski definition) is 7. The highest BCUT2D eigenvalue weighted by molar-refractivity contribution is 7.80. The van der Waals surface area contributed by atoms with Gasteiger partial charge in [-0.3, -0.25) is 4.55 Å². The van der Waals surface area contributed by atoms with Gasteiger partial charge >= 0.3 is 16.4 Å². The number of rotatable bonds is 8. The van der Waals surface area contributed by atoms with E-state index in [4.69, 9.17) is 14.7 Å². The topological polar surface area (TPSA) is 137 Å². The van der Waals surface area contributed by atoms with Crippen molar-refractivity contribution in [2.75, 3.05) is 40.4 Å². The fourth-order valence-electron chi connectivity index (χ4n) is 0.816. The third kappa shape index (κ3) is 27.4. The van der Waals surface area contributed by atoms with Crippen molar-refractivity contribution >= 4 is 22.3 Å². The summed E-state index contributed by atoms with van der Waals surface area (Å²) >= 11 is 0. The third-order valence-corrected chi connectivity index (χ3v) is 3.12. The Morgan fingerprint density at radius 1 is 1.36 bits per heavy atom. The van der Waals surface area contributed by atoms with Gasteiger partial charge in [-0.25, -0.2) is 8.98 Å². The lowest BCUT2D eigenvalue weighted by molar-refractivity contribution is -0.888. The van der Waals surface area contributed by atoms with Crippen LogP contribution in [0.15, 0.2) is 24.8 Å². The maximum absolute atomic E-state index is 11.0. The van der Waals surface area contributed by atoms with Gasteiger partial charge in [0.05, 0.1) is 27.2 Å². The Morgan fingerprint density at radius 3 is 2.00 bits per heavy atom. The van der Waals surface area contributed by atoms with Crippen LogP contribution in [0.25, 0.3) is 0 Å². The summed E-state index contributed by atoms with van der Waals surface area (Å²) in [6.45, 7) is 14.1. The van der Waals surface area contributed by atoms with Gasteiger partial charge in [0.25, 0.3) is 0 Å². The third-order valence-electron chi connectivity index (χ3n) is 2.59. The van der Waals surface area contributed by atoms with Crippen molar-refractivity contribution in [1.82, 2.24) is 0 Å². The Kier molecular flexibility index (Phi) is 16.4. The van der Waals surface area contributed by atoms with E-state index in [1.54, 1.807) is 6.92 Å². The van der Waals surface area contributed by atoms with Gasteiger partial charge in [0, 0.05) is 5.57 Å². The predicted octanol–water partition coefficient (Wildman–Crippen LogP) is 0.538. The van der Waals surface area contributed by atoms with E-state index in [1.165, 1.54) is 6.92 Å². The normalized spacial score (nSPS) is 10.3. The molecule has 0 spiro atoms. The summed E-state index contributed by atoms with van der Waals surface area (Å²) in [6, 6.07) is 0. The lowest BCUT2D eigenvalue weighted by atomic mass is 10.4. The minimum Gasteiger partial charge on any atom is -0.859 e. The average molecular weight is 382 g/mol. The summed E-state index contributed by atoms with van der Waals surface area (Å²) in [7, 11) is 0.0373. The van der Waals surface area contributed by atoms with Crippen molar-refractivity contribution in [2.24, 2.45) is 0 Å². The second kappa shape index (κ2) is 14.6. The van der Waals surface area contributed by atoms with Crippen molar-refractivity contribution < 1.29 is 36.3 Å². The molecule has 0 fully saturated rings. The molecular formula is C15H30N2O7S. The number of nitrogens with zero attached hydrogens (tertiary/aromatic N) is 1. The first kappa shape index (κ1) is 28.1. The molecular weight excluding hydrogens is 352 g/mol. The zero-order chi connectivity index (χ0) is 20.7. The Labute approximate surface area is 150 Å². The molecule has 0 radical (unpaired) electrons. The van der Waals surface area contributed by atoms with Crippen LogP contribution in [0.5, 0.6) is 0 Å². The summed E-state index contributed by atoms with van der Waals surface area (Å²) in [4.78, 5) is 11.0. The Balaban J connectivity index is -0.000000337. The second-order valence-corrected chi connectivity index (χ2v) is 6.39. The van der Waals surface area contributed by atoms with Crippen LogP contribution < -0.4 is 5.11 Å². The molecule has 0 rings (SSSR count). The zero-order valence-electron chi connectivity index (χ0n) is 15.6. The molecule has 0 aromatic rings. The maximum Gasteiger partial charge on any atom is 0.397 e. The number of carbonyl (C=O) groups excluding carboxylic acids is 1. The van der Waals surface area contributed by atoms with Gasteiger partial charge in [0.15, 0.2) is 0 Å². The molecule has 0 aromatic carbocycles. The number of esters is 1. The van der Waals surface area contributed by atoms with Crippen LogP contribution in [-0.2, 0) is 24.1 Å². The average Bonchev–Trinajstić information content (AvgIpc) is 2.46. The molecule has 0 aliphatic heterocycles. The smallest absolute Gasteiger partial charge is 0.397 e. The molecule has 0 heterocycles. The van der Waals surface area contributed by atoms with Crippen LogP contribution >= 0.6 is 0 Å². The molecule has 10 heteroatoms. The van der Waals surface area contributed by atoms with Gasteiger partial charge < -0.3 is 19.7 Å². The van der Waals surface area contributed by atoms with Crippen LogP contribution in [0.4, 0.5) is 0 Å². The van der Waals surface area contributed by atoms with Crippen LogP contribution in [0.3, 0.4) is 0 Å². The highest BCUT2D eigenvalue weighted by Gasteiger charge is 2.12. The van der Waals surface area contributed by atoms with E-state index in [2.05, 4.69) is 38.4 Å².